The Kier molecular flexibility index (Phi) is 5.97. The van der Waals surface area contributed by atoms with Gasteiger partial charge in [-0.25, -0.2) is 4.79 Å². The van der Waals surface area contributed by atoms with Gasteiger partial charge in [0.1, 0.15) is 12.1 Å². The fraction of sp³-hybridized carbons (Fsp3) is 0.476. The van der Waals surface area contributed by atoms with Gasteiger partial charge in [0.05, 0.1) is 23.1 Å². The van der Waals surface area contributed by atoms with E-state index in [4.69, 9.17) is 10.00 Å². The normalized spacial score (nSPS) is 23.0. The second-order valence-corrected chi connectivity index (χ2v) is 7.45. The molecule has 0 radical (unpaired) electrons. The van der Waals surface area contributed by atoms with Crippen LogP contribution in [0.25, 0.3) is 0 Å². The molecule has 0 aromatic heterocycles. The zero-order chi connectivity index (χ0) is 21.1. The van der Waals surface area contributed by atoms with Gasteiger partial charge >= 0.3 is 5.97 Å². The molecule has 4 atom stereocenters. The first-order valence-corrected chi connectivity index (χ1v) is 9.72. The van der Waals surface area contributed by atoms with Gasteiger partial charge in [0, 0.05) is 0 Å². The molecule has 29 heavy (non-hydrogen) atoms. The van der Waals surface area contributed by atoms with Gasteiger partial charge in [0.15, 0.2) is 6.10 Å². The van der Waals surface area contributed by atoms with E-state index in [9.17, 15) is 19.2 Å². The number of carbonyl (C=O) groups is 4. The first-order valence-electron chi connectivity index (χ1n) is 9.72. The first-order chi connectivity index (χ1) is 13.8. The molecule has 8 heteroatoms. The van der Waals surface area contributed by atoms with Crippen molar-refractivity contribution in [1.29, 1.82) is 5.26 Å². The van der Waals surface area contributed by atoms with Crippen LogP contribution in [0.5, 0.6) is 0 Å². The van der Waals surface area contributed by atoms with Gasteiger partial charge in [-0.2, -0.15) is 5.26 Å². The number of rotatable bonds is 5. The maximum absolute atomic E-state index is 12.6. The van der Waals surface area contributed by atoms with Crippen molar-refractivity contribution in [3.63, 3.8) is 0 Å². The number of nitrogens with one attached hydrogen (secondary N) is 1. The number of carbonyl (C=O) groups excluding carboxylic acids is 4. The van der Waals surface area contributed by atoms with Gasteiger partial charge in [-0.05, 0) is 38.8 Å². The summed E-state index contributed by atoms with van der Waals surface area (Å²) < 4.78 is 5.20. The topological polar surface area (TPSA) is 117 Å². The van der Waals surface area contributed by atoms with E-state index in [2.05, 4.69) is 5.32 Å². The summed E-state index contributed by atoms with van der Waals surface area (Å²) in [4.78, 5) is 51.1. The van der Waals surface area contributed by atoms with Crippen LogP contribution in [0, 0.1) is 23.2 Å². The van der Waals surface area contributed by atoms with Gasteiger partial charge in [0.25, 0.3) is 5.91 Å². The van der Waals surface area contributed by atoms with Crippen molar-refractivity contribution in [1.82, 2.24) is 4.90 Å². The second-order valence-electron chi connectivity index (χ2n) is 7.45. The first kappa shape index (κ1) is 20.5. The quantitative estimate of drug-likeness (QED) is 0.600. The Hall–Kier alpha value is -3.21. The Morgan fingerprint density at radius 3 is 2.31 bits per heavy atom. The standard InChI is InChI=1S/C21H23N3O5/c1-12(24-19(26)15-8-4-5-9-16(15)20(24)27)21(28)29-13(2)18(25)23-17-10-6-3-7-14(17)11-22/h3,6-7,10,12-13,15-16H,4-5,8-9H2,1-2H3,(H,23,25)/t12-,13+,15-,16-/m0/s1. The van der Waals surface area contributed by atoms with Crippen molar-refractivity contribution >= 4 is 29.4 Å². The number of para-hydroxylation sites is 1. The molecule has 3 amide bonds. The summed E-state index contributed by atoms with van der Waals surface area (Å²) in [5.41, 5.74) is 0.591. The molecule has 3 rings (SSSR count). The zero-order valence-corrected chi connectivity index (χ0v) is 16.4. The molecule has 1 heterocycles. The number of fused-ring (bicyclic) bond motifs is 1. The number of hydrogen-bond donors (Lipinski definition) is 1. The van der Waals surface area contributed by atoms with Crippen molar-refractivity contribution < 1.29 is 23.9 Å². The lowest BCUT2D eigenvalue weighted by Gasteiger charge is -2.23. The summed E-state index contributed by atoms with van der Waals surface area (Å²) >= 11 is 0. The van der Waals surface area contributed by atoms with Crippen LogP contribution in [0.2, 0.25) is 0 Å². The summed E-state index contributed by atoms with van der Waals surface area (Å²) in [7, 11) is 0. The molecule has 0 bridgehead atoms. The number of anilines is 1. The monoisotopic (exact) mass is 397 g/mol. The van der Waals surface area contributed by atoms with Crippen LogP contribution in [0.1, 0.15) is 45.1 Å². The van der Waals surface area contributed by atoms with Crippen LogP contribution >= 0.6 is 0 Å². The molecule has 1 aliphatic carbocycles. The van der Waals surface area contributed by atoms with E-state index in [-0.39, 0.29) is 29.2 Å². The van der Waals surface area contributed by atoms with E-state index in [0.717, 1.165) is 17.7 Å². The van der Waals surface area contributed by atoms with Gasteiger partial charge in [-0.3, -0.25) is 19.3 Å². The van der Waals surface area contributed by atoms with Gasteiger partial charge in [-0.15, -0.1) is 0 Å². The third-order valence-electron chi connectivity index (χ3n) is 5.57. The third kappa shape index (κ3) is 3.99. The van der Waals surface area contributed by atoms with Crippen molar-refractivity contribution in [2.24, 2.45) is 11.8 Å². The SMILES string of the molecule is C[C@@H](OC(=O)[C@H](C)N1C(=O)[C@H]2CCCC[C@@H]2C1=O)C(=O)Nc1ccccc1C#N. The summed E-state index contributed by atoms with van der Waals surface area (Å²) in [6.07, 6.45) is 1.95. The molecular weight excluding hydrogens is 374 g/mol. The predicted molar refractivity (Wildman–Crippen MR) is 102 cm³/mol. The Labute approximate surface area is 168 Å². The number of nitrogens with zero attached hydrogens (tertiary/aromatic N) is 2. The average molecular weight is 397 g/mol. The minimum atomic E-state index is -1.16. The van der Waals surface area contributed by atoms with E-state index in [0.29, 0.717) is 18.5 Å². The molecule has 1 saturated carbocycles. The molecule has 2 fully saturated rings. The smallest absolute Gasteiger partial charge is 0.329 e. The summed E-state index contributed by atoms with van der Waals surface area (Å²) in [5.74, 6) is -2.79. The number of nitriles is 1. The number of amides is 3. The Balaban J connectivity index is 1.63. The summed E-state index contributed by atoms with van der Waals surface area (Å²) in [6, 6.07) is 7.32. The third-order valence-corrected chi connectivity index (χ3v) is 5.57. The van der Waals surface area contributed by atoms with Crippen LogP contribution in [-0.2, 0) is 23.9 Å². The van der Waals surface area contributed by atoms with Crippen molar-refractivity contribution in [2.45, 2.75) is 51.7 Å². The van der Waals surface area contributed by atoms with Crippen molar-refractivity contribution in [2.75, 3.05) is 5.32 Å². The maximum Gasteiger partial charge on any atom is 0.329 e. The van der Waals surface area contributed by atoms with E-state index >= 15 is 0 Å². The molecular formula is C21H23N3O5. The summed E-state index contributed by atoms with van der Waals surface area (Å²) in [6.45, 7) is 2.83. The Bertz CT molecular complexity index is 867. The minimum absolute atomic E-state index is 0.281. The highest BCUT2D eigenvalue weighted by molar-refractivity contribution is 6.08. The lowest BCUT2D eigenvalue weighted by molar-refractivity contribution is -0.163. The molecule has 1 aliphatic heterocycles. The number of hydrogen-bond acceptors (Lipinski definition) is 6. The molecule has 1 saturated heterocycles. The predicted octanol–water partition coefficient (Wildman–Crippen LogP) is 1.99. The molecule has 1 aromatic carbocycles. The molecule has 8 nitrogen and oxygen atoms in total. The van der Waals surface area contributed by atoms with E-state index in [1.165, 1.54) is 13.8 Å². The van der Waals surface area contributed by atoms with E-state index in [1.807, 2.05) is 6.07 Å². The molecule has 0 spiro atoms. The van der Waals surface area contributed by atoms with Gasteiger partial charge < -0.3 is 10.1 Å². The maximum atomic E-state index is 12.6. The van der Waals surface area contributed by atoms with Crippen molar-refractivity contribution in [3.8, 4) is 6.07 Å². The van der Waals surface area contributed by atoms with Crippen molar-refractivity contribution in [3.05, 3.63) is 29.8 Å². The van der Waals surface area contributed by atoms with Crippen LogP contribution in [0.4, 0.5) is 5.69 Å². The number of benzene rings is 1. The lowest BCUT2D eigenvalue weighted by Crippen LogP contribution is -2.46. The van der Waals surface area contributed by atoms with Crippen LogP contribution in [0.15, 0.2) is 24.3 Å². The van der Waals surface area contributed by atoms with Crippen LogP contribution < -0.4 is 5.32 Å². The highest BCUT2D eigenvalue weighted by atomic mass is 16.5. The van der Waals surface area contributed by atoms with Crippen LogP contribution in [0.3, 0.4) is 0 Å². The van der Waals surface area contributed by atoms with E-state index < -0.39 is 24.0 Å². The fourth-order valence-corrected chi connectivity index (χ4v) is 3.93. The lowest BCUT2D eigenvalue weighted by atomic mass is 9.81. The molecule has 1 aromatic rings. The largest absolute Gasteiger partial charge is 0.451 e. The number of imide groups is 1. The molecule has 2 aliphatic rings. The number of esters is 1. The highest BCUT2D eigenvalue weighted by Gasteiger charge is 2.51. The van der Waals surface area contributed by atoms with Crippen LogP contribution in [-0.4, -0.2) is 40.7 Å². The number of ether oxygens (including phenoxy) is 1. The molecule has 1 N–H and O–H groups in total. The Morgan fingerprint density at radius 1 is 1.14 bits per heavy atom. The van der Waals surface area contributed by atoms with E-state index in [1.54, 1.807) is 24.3 Å². The fourth-order valence-electron chi connectivity index (χ4n) is 3.93. The average Bonchev–Trinajstić information content (AvgIpc) is 2.98. The molecule has 152 valence electrons. The van der Waals surface area contributed by atoms with Gasteiger partial charge in [0.2, 0.25) is 11.8 Å². The van der Waals surface area contributed by atoms with Gasteiger partial charge in [-0.1, -0.05) is 25.0 Å². The summed E-state index contributed by atoms with van der Waals surface area (Å²) in [5, 5.41) is 11.6. The second kappa shape index (κ2) is 8.43. The molecule has 0 unspecified atom stereocenters. The zero-order valence-electron chi connectivity index (χ0n) is 16.4. The number of likely N-dealkylation sites (tertiary alicyclic amines) is 1. The Morgan fingerprint density at radius 2 is 1.72 bits per heavy atom. The minimum Gasteiger partial charge on any atom is -0.451 e. The highest BCUT2D eigenvalue weighted by Crippen LogP contribution is 2.38.